The Morgan fingerprint density at radius 2 is 1.50 bits per heavy atom. The van der Waals surface area contributed by atoms with E-state index in [4.69, 9.17) is 5.73 Å². The van der Waals surface area contributed by atoms with E-state index in [-0.39, 0.29) is 11.9 Å². The summed E-state index contributed by atoms with van der Waals surface area (Å²) in [6, 6.07) is -0.144. The lowest BCUT2D eigenvalue weighted by Crippen LogP contribution is -2.36. The van der Waals surface area contributed by atoms with E-state index in [1.54, 1.807) is 43.2 Å². The topological polar surface area (TPSA) is 96.2 Å². The van der Waals surface area contributed by atoms with Gasteiger partial charge in [-0.05, 0) is 0 Å². The van der Waals surface area contributed by atoms with Crippen LogP contribution in [0.3, 0.4) is 0 Å². The zero-order valence-corrected chi connectivity index (χ0v) is 14.7. The van der Waals surface area contributed by atoms with E-state index < -0.39 is 0 Å². The Morgan fingerprint density at radius 1 is 0.900 bits per heavy atom. The average molecular weight is 359 g/mol. The Hall–Kier alpha value is 0.1000. The summed E-state index contributed by atoms with van der Waals surface area (Å²) in [6.45, 7) is 3.47. The molecule has 0 aliphatic rings. The van der Waals surface area contributed by atoms with Crippen LogP contribution >= 0.6 is 43.2 Å². The van der Waals surface area contributed by atoms with Crippen LogP contribution < -0.4 is 21.7 Å². The second-order valence-electron chi connectivity index (χ2n) is 3.43. The summed E-state index contributed by atoms with van der Waals surface area (Å²) in [5.74, 6) is 3.17. The highest BCUT2D eigenvalue weighted by Crippen LogP contribution is 2.19. The zero-order valence-electron chi connectivity index (χ0n) is 11.5. The second kappa shape index (κ2) is 15.5. The van der Waals surface area contributed by atoms with Crippen LogP contribution in [0.25, 0.3) is 0 Å². The van der Waals surface area contributed by atoms with Crippen molar-refractivity contribution in [1.82, 2.24) is 16.0 Å². The molecule has 0 aromatic heterocycles. The van der Waals surface area contributed by atoms with Gasteiger partial charge in [-0.3, -0.25) is 4.79 Å². The standard InChI is InChI=1S/C10H22N4O2S4/c1-9(15)12-3-6-18-19-7-4-13-10(16)14-8-20-17-5-2-11/h2-8,11H2,1H3,(H,12,15)(H2,13,14,16). The summed E-state index contributed by atoms with van der Waals surface area (Å²) in [4.78, 5) is 22.0. The van der Waals surface area contributed by atoms with E-state index in [0.29, 0.717) is 25.5 Å². The highest BCUT2D eigenvalue weighted by atomic mass is 33.1. The molecule has 0 atom stereocenters. The van der Waals surface area contributed by atoms with Gasteiger partial charge in [0.05, 0.1) is 5.88 Å². The van der Waals surface area contributed by atoms with Crippen molar-refractivity contribution >= 4 is 55.1 Å². The normalized spacial score (nSPS) is 10.1. The fourth-order valence-electron chi connectivity index (χ4n) is 0.899. The van der Waals surface area contributed by atoms with Gasteiger partial charge < -0.3 is 21.7 Å². The number of urea groups is 1. The third kappa shape index (κ3) is 16.2. The van der Waals surface area contributed by atoms with E-state index in [1.807, 2.05) is 0 Å². The van der Waals surface area contributed by atoms with Crippen LogP contribution in [-0.4, -0.2) is 54.7 Å². The molecule has 20 heavy (non-hydrogen) atoms. The predicted molar refractivity (Wildman–Crippen MR) is 94.1 cm³/mol. The molecule has 0 unspecified atom stereocenters. The Morgan fingerprint density at radius 3 is 2.10 bits per heavy atom. The molecule has 5 N–H and O–H groups in total. The van der Waals surface area contributed by atoms with Crippen LogP contribution in [0, 0.1) is 0 Å². The molecule has 0 radical (unpaired) electrons. The molecular weight excluding hydrogens is 336 g/mol. The van der Waals surface area contributed by atoms with Gasteiger partial charge in [0.15, 0.2) is 0 Å². The third-order valence-electron chi connectivity index (χ3n) is 1.69. The molecule has 0 rings (SSSR count). The van der Waals surface area contributed by atoms with Gasteiger partial charge in [0.1, 0.15) is 0 Å². The minimum absolute atomic E-state index is 0.00330. The van der Waals surface area contributed by atoms with Gasteiger partial charge in [0, 0.05) is 43.8 Å². The Kier molecular flexibility index (Phi) is 15.6. The lowest BCUT2D eigenvalue weighted by Gasteiger charge is -2.06. The number of carbonyl (C=O) groups is 2. The molecule has 3 amide bonds. The predicted octanol–water partition coefficient (Wildman–Crippen LogP) is 1.10. The Bertz CT molecular complexity index is 272. The maximum atomic E-state index is 11.4. The molecule has 0 aliphatic carbocycles. The van der Waals surface area contributed by atoms with Crippen molar-refractivity contribution < 1.29 is 9.59 Å². The SMILES string of the molecule is CC(=O)NCCSSCCNC(=O)NCSSCCN. The molecule has 0 heterocycles. The first-order chi connectivity index (χ1) is 9.66. The first-order valence-electron chi connectivity index (χ1n) is 6.12. The lowest BCUT2D eigenvalue weighted by molar-refractivity contribution is -0.118. The second-order valence-corrected chi connectivity index (χ2v) is 8.72. The van der Waals surface area contributed by atoms with Crippen molar-refractivity contribution in [2.75, 3.05) is 42.8 Å². The fourth-order valence-corrected chi connectivity index (χ4v) is 4.27. The van der Waals surface area contributed by atoms with Crippen LogP contribution in [0.4, 0.5) is 4.79 Å². The third-order valence-corrected chi connectivity index (χ3v) is 6.28. The van der Waals surface area contributed by atoms with Gasteiger partial charge in [-0.1, -0.05) is 43.2 Å². The summed E-state index contributed by atoms with van der Waals surface area (Å²) in [6.07, 6.45) is 0. The van der Waals surface area contributed by atoms with Crippen molar-refractivity contribution in [3.05, 3.63) is 0 Å². The Balaban J connectivity index is 3.17. The van der Waals surface area contributed by atoms with E-state index in [0.717, 1.165) is 17.3 Å². The van der Waals surface area contributed by atoms with Crippen LogP contribution in [0.1, 0.15) is 6.92 Å². The summed E-state index contributed by atoms with van der Waals surface area (Å²) >= 11 is 0. The molecule has 6 nitrogen and oxygen atoms in total. The largest absolute Gasteiger partial charge is 0.355 e. The molecule has 0 saturated heterocycles. The van der Waals surface area contributed by atoms with Gasteiger partial charge in [0.2, 0.25) is 5.91 Å². The summed E-state index contributed by atoms with van der Waals surface area (Å²) < 4.78 is 0. The molecular formula is C10H22N4O2S4. The lowest BCUT2D eigenvalue weighted by atomic mass is 10.6. The zero-order chi connectivity index (χ0) is 15.1. The molecule has 0 bridgehead atoms. The van der Waals surface area contributed by atoms with Crippen LogP contribution in [-0.2, 0) is 4.79 Å². The minimum Gasteiger partial charge on any atom is -0.355 e. The molecule has 0 aromatic rings. The van der Waals surface area contributed by atoms with Crippen LogP contribution in [0.15, 0.2) is 0 Å². The molecule has 0 spiro atoms. The maximum absolute atomic E-state index is 11.4. The van der Waals surface area contributed by atoms with E-state index in [9.17, 15) is 9.59 Å². The van der Waals surface area contributed by atoms with E-state index in [1.165, 1.54) is 6.92 Å². The molecule has 10 heteroatoms. The van der Waals surface area contributed by atoms with Crippen molar-refractivity contribution in [3.8, 4) is 0 Å². The molecule has 0 fully saturated rings. The molecule has 0 aromatic carbocycles. The van der Waals surface area contributed by atoms with Gasteiger partial charge >= 0.3 is 6.03 Å². The Labute approximate surface area is 136 Å². The first-order valence-corrected chi connectivity index (χ1v) is 11.1. The van der Waals surface area contributed by atoms with Gasteiger partial charge in [-0.15, -0.1) is 0 Å². The van der Waals surface area contributed by atoms with Gasteiger partial charge in [-0.25, -0.2) is 4.79 Å². The van der Waals surface area contributed by atoms with E-state index in [2.05, 4.69) is 16.0 Å². The molecule has 0 saturated carbocycles. The van der Waals surface area contributed by atoms with E-state index >= 15 is 0 Å². The van der Waals surface area contributed by atoms with Gasteiger partial charge in [-0.2, -0.15) is 0 Å². The van der Waals surface area contributed by atoms with Crippen LogP contribution in [0.2, 0.25) is 0 Å². The van der Waals surface area contributed by atoms with Gasteiger partial charge in [0.25, 0.3) is 0 Å². The first kappa shape index (κ1) is 20.1. The van der Waals surface area contributed by atoms with Crippen molar-refractivity contribution in [2.24, 2.45) is 5.73 Å². The number of nitrogens with one attached hydrogen (secondary N) is 3. The summed E-state index contributed by atoms with van der Waals surface area (Å²) in [7, 11) is 6.60. The molecule has 118 valence electrons. The minimum atomic E-state index is -0.144. The average Bonchev–Trinajstić information content (AvgIpc) is 2.41. The number of hydrogen-bond donors (Lipinski definition) is 4. The van der Waals surface area contributed by atoms with Crippen molar-refractivity contribution in [1.29, 1.82) is 0 Å². The van der Waals surface area contributed by atoms with Crippen molar-refractivity contribution in [2.45, 2.75) is 6.92 Å². The quantitative estimate of drug-likeness (QED) is 0.236. The smallest absolute Gasteiger partial charge is 0.315 e. The highest BCUT2D eigenvalue weighted by molar-refractivity contribution is 8.77. The number of amides is 3. The number of nitrogens with two attached hydrogens (primary N) is 1. The number of hydrogen-bond acceptors (Lipinski definition) is 7. The monoisotopic (exact) mass is 358 g/mol. The highest BCUT2D eigenvalue weighted by Gasteiger charge is 1.99. The van der Waals surface area contributed by atoms with Crippen LogP contribution in [0.5, 0.6) is 0 Å². The molecule has 0 aliphatic heterocycles. The number of carbonyl (C=O) groups excluding carboxylic acids is 2. The summed E-state index contributed by atoms with van der Waals surface area (Å²) in [5, 5.41) is 8.26. The maximum Gasteiger partial charge on any atom is 0.315 e. The number of rotatable bonds is 12. The fraction of sp³-hybridized carbons (Fsp3) is 0.800. The van der Waals surface area contributed by atoms with Crippen molar-refractivity contribution in [3.63, 3.8) is 0 Å². The summed E-state index contributed by atoms with van der Waals surface area (Å²) in [5.41, 5.74) is 5.35.